The molecule has 3 aliphatic heterocycles. The van der Waals surface area contributed by atoms with Gasteiger partial charge in [-0.25, -0.2) is 0 Å². The first-order valence-corrected chi connectivity index (χ1v) is 17.9. The highest BCUT2D eigenvalue weighted by atomic mass is 35.5. The minimum Gasteiger partial charge on any atom is -0.496 e. The van der Waals surface area contributed by atoms with E-state index in [4.69, 9.17) is 27.9 Å². The molecule has 0 radical (unpaired) electrons. The molecule has 0 saturated carbocycles. The van der Waals surface area contributed by atoms with Crippen LogP contribution >= 0.6 is 23.2 Å². The van der Waals surface area contributed by atoms with Crippen molar-refractivity contribution < 1.29 is 19.1 Å². The monoisotopic (exact) mass is 727 g/mol. The molecule has 0 spiro atoms. The minimum atomic E-state index is -0.0454. The van der Waals surface area contributed by atoms with Gasteiger partial charge in [-0.1, -0.05) is 53.5 Å². The molecule has 51 heavy (non-hydrogen) atoms. The van der Waals surface area contributed by atoms with Gasteiger partial charge in [0.05, 0.1) is 34.1 Å². The third kappa shape index (κ3) is 7.57. The second-order valence-electron chi connectivity index (χ2n) is 13.1. The molecule has 2 aromatic heterocycles. The fourth-order valence-corrected chi connectivity index (χ4v) is 7.60. The first kappa shape index (κ1) is 34.9. The molecule has 0 aliphatic carbocycles. The van der Waals surface area contributed by atoms with Crippen molar-refractivity contribution in [3.8, 4) is 39.4 Å². The molecule has 3 aliphatic rings. The number of benzene rings is 2. The van der Waals surface area contributed by atoms with Crippen LogP contribution in [0.3, 0.4) is 0 Å². The zero-order chi connectivity index (χ0) is 35.5. The number of methoxy groups -OCH3 is 1. The van der Waals surface area contributed by atoms with E-state index in [9.17, 15) is 14.4 Å². The van der Waals surface area contributed by atoms with E-state index in [1.807, 2.05) is 53.4 Å². The predicted octanol–water partition coefficient (Wildman–Crippen LogP) is 4.99. The number of hydrogen-bond acceptors (Lipinski definition) is 8. The highest BCUT2D eigenvalue weighted by molar-refractivity contribution is 6.39. The number of rotatable bonds is 13. The van der Waals surface area contributed by atoms with Gasteiger partial charge in [0.25, 0.3) is 5.91 Å². The number of aromatic nitrogens is 2. The van der Waals surface area contributed by atoms with E-state index in [2.05, 4.69) is 31.2 Å². The lowest BCUT2D eigenvalue weighted by Gasteiger charge is -2.17. The van der Waals surface area contributed by atoms with Crippen LogP contribution in [0.2, 0.25) is 10.0 Å². The summed E-state index contributed by atoms with van der Waals surface area (Å²) >= 11 is 14.2. The van der Waals surface area contributed by atoms with Crippen molar-refractivity contribution in [1.29, 1.82) is 0 Å². The molecule has 13 heteroatoms. The SMILES string of the molecule is COc1cc(-c2nccc(-c3cccc(-c4cc5c(cn4)C(=O)N(CCNC[C@@H]4CCC(=O)N4)C5)c3Cl)c2Cl)ccc1CNC[C@H]1CCC(=O)N1. The van der Waals surface area contributed by atoms with Crippen molar-refractivity contribution in [2.75, 3.05) is 33.3 Å². The van der Waals surface area contributed by atoms with Gasteiger partial charge < -0.3 is 30.9 Å². The fourth-order valence-electron chi connectivity index (χ4n) is 6.96. The Morgan fingerprint density at radius 3 is 2.31 bits per heavy atom. The Balaban J connectivity index is 1.05. The smallest absolute Gasteiger partial charge is 0.256 e. The summed E-state index contributed by atoms with van der Waals surface area (Å²) in [6.45, 7) is 3.62. The van der Waals surface area contributed by atoms with Crippen LogP contribution in [0, 0.1) is 0 Å². The van der Waals surface area contributed by atoms with Gasteiger partial charge in [-0.2, -0.15) is 0 Å². The topological polar surface area (TPSA) is 138 Å². The van der Waals surface area contributed by atoms with E-state index in [1.54, 1.807) is 19.5 Å². The van der Waals surface area contributed by atoms with Gasteiger partial charge in [-0.3, -0.25) is 24.4 Å². The van der Waals surface area contributed by atoms with E-state index in [-0.39, 0.29) is 29.8 Å². The van der Waals surface area contributed by atoms with E-state index >= 15 is 0 Å². The lowest BCUT2D eigenvalue weighted by molar-refractivity contribution is -0.120. The Kier molecular flexibility index (Phi) is 10.5. The third-order valence-corrected chi connectivity index (χ3v) is 10.5. The molecule has 2 fully saturated rings. The fraction of sp³-hybridized carbons (Fsp3) is 0.342. The lowest BCUT2D eigenvalue weighted by atomic mass is 9.98. The Hall–Kier alpha value is -4.55. The maximum atomic E-state index is 13.1. The van der Waals surface area contributed by atoms with Crippen LogP contribution in [-0.4, -0.2) is 78.0 Å². The molecule has 0 unspecified atom stereocenters. The number of ether oxygens (including phenoxy) is 1. The van der Waals surface area contributed by atoms with Crippen molar-refractivity contribution in [2.24, 2.45) is 0 Å². The van der Waals surface area contributed by atoms with Gasteiger partial charge in [0, 0.05) is 104 Å². The van der Waals surface area contributed by atoms with Crippen molar-refractivity contribution in [1.82, 2.24) is 36.1 Å². The zero-order valence-corrected chi connectivity index (χ0v) is 29.7. The standard InChI is InChI=1S/C38H39Cl2N7O4/c1-51-32-16-22(5-6-23(32)17-42-19-26-8-10-34(49)46-26)37-36(40)28(11-12-43-37)27-3-2-4-29(35(27)39)31-15-24-21-47(38(50)30(24)20-44-31)14-13-41-18-25-7-9-33(48)45-25/h2-6,11-12,15-16,20,25-26,41-42H,7-10,13-14,17-19,21H2,1H3,(H,45,48)(H,46,49)/t25-,26+/m0/s1. The third-order valence-electron chi connectivity index (χ3n) is 9.71. The maximum Gasteiger partial charge on any atom is 0.256 e. The van der Waals surface area contributed by atoms with Crippen molar-refractivity contribution in [3.63, 3.8) is 0 Å². The number of amides is 3. The molecule has 5 heterocycles. The molecule has 4 aromatic rings. The molecular formula is C38H39Cl2N7O4. The van der Waals surface area contributed by atoms with E-state index in [0.29, 0.717) is 84.9 Å². The van der Waals surface area contributed by atoms with Gasteiger partial charge in [0.1, 0.15) is 5.75 Å². The molecule has 0 bridgehead atoms. The summed E-state index contributed by atoms with van der Waals surface area (Å²) < 4.78 is 5.73. The van der Waals surface area contributed by atoms with Gasteiger partial charge in [-0.15, -0.1) is 0 Å². The highest BCUT2D eigenvalue weighted by Gasteiger charge is 2.29. The number of nitrogens with zero attached hydrogens (tertiary/aromatic N) is 3. The number of hydrogen-bond donors (Lipinski definition) is 4. The quantitative estimate of drug-likeness (QED) is 0.142. The number of halogens is 2. The van der Waals surface area contributed by atoms with Crippen LogP contribution in [0.25, 0.3) is 33.6 Å². The Morgan fingerprint density at radius 2 is 1.59 bits per heavy atom. The summed E-state index contributed by atoms with van der Waals surface area (Å²) in [6, 6.07) is 15.7. The number of pyridine rings is 2. The number of carbonyl (C=O) groups excluding carboxylic acids is 3. The molecule has 7 rings (SSSR count). The van der Waals surface area contributed by atoms with Crippen LogP contribution in [0.1, 0.15) is 47.2 Å². The van der Waals surface area contributed by atoms with Crippen LogP contribution in [0.4, 0.5) is 0 Å². The zero-order valence-electron chi connectivity index (χ0n) is 28.2. The normalized spacial score (nSPS) is 18.3. The average Bonchev–Trinajstić information content (AvgIpc) is 3.84. The number of carbonyl (C=O) groups is 3. The molecule has 2 saturated heterocycles. The molecule has 11 nitrogen and oxygen atoms in total. The Morgan fingerprint density at radius 1 is 0.863 bits per heavy atom. The number of fused-ring (bicyclic) bond motifs is 1. The van der Waals surface area contributed by atoms with Crippen LogP contribution in [0.15, 0.2) is 60.9 Å². The van der Waals surface area contributed by atoms with Gasteiger partial charge in [0.2, 0.25) is 11.8 Å². The first-order valence-electron chi connectivity index (χ1n) is 17.2. The summed E-state index contributed by atoms with van der Waals surface area (Å²) in [4.78, 5) is 47.2. The second kappa shape index (κ2) is 15.4. The second-order valence-corrected chi connectivity index (χ2v) is 13.9. The van der Waals surface area contributed by atoms with E-state index < -0.39 is 0 Å². The van der Waals surface area contributed by atoms with Crippen LogP contribution < -0.4 is 26.0 Å². The minimum absolute atomic E-state index is 0.0454. The molecule has 2 atom stereocenters. The molecule has 3 amide bonds. The summed E-state index contributed by atoms with van der Waals surface area (Å²) in [7, 11) is 1.63. The van der Waals surface area contributed by atoms with Crippen molar-refractivity contribution in [3.05, 3.63) is 87.7 Å². The maximum absolute atomic E-state index is 13.1. The van der Waals surface area contributed by atoms with Gasteiger partial charge in [0.15, 0.2) is 0 Å². The summed E-state index contributed by atoms with van der Waals surface area (Å²) in [5.74, 6) is 0.849. The van der Waals surface area contributed by atoms with Gasteiger partial charge in [-0.05, 0) is 36.6 Å². The van der Waals surface area contributed by atoms with Crippen LogP contribution in [-0.2, 0) is 22.7 Å². The highest BCUT2D eigenvalue weighted by Crippen LogP contribution is 2.42. The van der Waals surface area contributed by atoms with Crippen LogP contribution in [0.5, 0.6) is 5.75 Å². The molecule has 264 valence electrons. The molecule has 2 aromatic carbocycles. The Bertz CT molecular complexity index is 1990. The van der Waals surface area contributed by atoms with E-state index in [1.165, 1.54) is 0 Å². The largest absolute Gasteiger partial charge is 0.496 e. The molecule has 4 N–H and O–H groups in total. The number of nitrogens with one attached hydrogen (secondary N) is 4. The van der Waals surface area contributed by atoms with E-state index in [0.717, 1.165) is 46.2 Å². The molecular weight excluding hydrogens is 689 g/mol. The summed E-state index contributed by atoms with van der Waals surface area (Å²) in [5, 5.41) is 13.6. The summed E-state index contributed by atoms with van der Waals surface area (Å²) in [5.41, 5.74) is 6.72. The van der Waals surface area contributed by atoms with Gasteiger partial charge >= 0.3 is 0 Å². The van der Waals surface area contributed by atoms with Crippen molar-refractivity contribution in [2.45, 2.75) is 50.9 Å². The first-order chi connectivity index (χ1) is 24.8. The van der Waals surface area contributed by atoms with Crippen molar-refractivity contribution >= 4 is 40.9 Å². The predicted molar refractivity (Wildman–Crippen MR) is 197 cm³/mol. The summed E-state index contributed by atoms with van der Waals surface area (Å²) in [6.07, 6.45) is 6.15. The Labute approximate surface area is 306 Å². The average molecular weight is 729 g/mol. The lowest BCUT2D eigenvalue weighted by Crippen LogP contribution is -2.39.